The lowest BCUT2D eigenvalue weighted by Crippen LogP contribution is -2.35. The van der Waals surface area contributed by atoms with E-state index in [-0.39, 0.29) is 6.10 Å². The maximum Gasteiger partial charge on any atom is 0.0802 e. The smallest absolute Gasteiger partial charge is 0.0802 e. The molecule has 21 heavy (non-hydrogen) atoms. The second kappa shape index (κ2) is 9.19. The Morgan fingerprint density at radius 3 is 2.14 bits per heavy atom. The maximum atomic E-state index is 10.3. The first-order valence-corrected chi connectivity index (χ1v) is 8.00. The van der Waals surface area contributed by atoms with Crippen molar-refractivity contribution in [3.05, 3.63) is 35.4 Å². The average Bonchev–Trinajstić information content (AvgIpc) is 2.41. The molecule has 0 aliphatic carbocycles. The Balaban J connectivity index is 2.48. The summed E-state index contributed by atoms with van der Waals surface area (Å²) in [5.41, 5.74) is 2.26. The van der Waals surface area contributed by atoms with Crippen molar-refractivity contribution >= 4 is 0 Å². The molecule has 0 aliphatic heterocycles. The van der Waals surface area contributed by atoms with Gasteiger partial charge in [0, 0.05) is 26.2 Å². The molecule has 1 atom stereocenters. The summed E-state index contributed by atoms with van der Waals surface area (Å²) in [6.45, 7) is 10.7. The molecular weight excluding hydrogens is 260 g/mol. The molecule has 0 bridgehead atoms. The predicted octanol–water partition coefficient (Wildman–Crippen LogP) is 2.94. The van der Waals surface area contributed by atoms with Crippen LogP contribution in [0.4, 0.5) is 0 Å². The first-order chi connectivity index (χ1) is 9.88. The van der Waals surface area contributed by atoms with Gasteiger partial charge in [-0.15, -0.1) is 0 Å². The van der Waals surface area contributed by atoms with E-state index in [1.165, 1.54) is 5.56 Å². The van der Waals surface area contributed by atoms with Gasteiger partial charge < -0.3 is 14.9 Å². The van der Waals surface area contributed by atoms with Gasteiger partial charge in [0.15, 0.2) is 0 Å². The molecule has 1 unspecified atom stereocenters. The summed E-state index contributed by atoms with van der Waals surface area (Å²) in [6, 6.07) is 8.20. The van der Waals surface area contributed by atoms with E-state index in [1.54, 1.807) is 0 Å². The highest BCUT2D eigenvalue weighted by Crippen LogP contribution is 2.17. The fourth-order valence-electron chi connectivity index (χ4n) is 2.41. The van der Waals surface area contributed by atoms with Gasteiger partial charge in [-0.2, -0.15) is 0 Å². The third-order valence-electron chi connectivity index (χ3n) is 3.67. The molecule has 120 valence electrons. The summed E-state index contributed by atoms with van der Waals surface area (Å²) in [5, 5.41) is 10.3. The van der Waals surface area contributed by atoms with Crippen molar-refractivity contribution in [1.29, 1.82) is 0 Å². The van der Waals surface area contributed by atoms with Crippen molar-refractivity contribution in [1.82, 2.24) is 9.80 Å². The van der Waals surface area contributed by atoms with Gasteiger partial charge in [-0.05, 0) is 38.9 Å². The van der Waals surface area contributed by atoms with Gasteiger partial charge >= 0.3 is 0 Å². The van der Waals surface area contributed by atoms with Crippen LogP contribution in [0.2, 0.25) is 0 Å². The summed E-state index contributed by atoms with van der Waals surface area (Å²) in [7, 11) is 4.21. The van der Waals surface area contributed by atoms with E-state index in [0.29, 0.717) is 5.92 Å². The largest absolute Gasteiger partial charge is 0.388 e. The number of benzene rings is 1. The summed E-state index contributed by atoms with van der Waals surface area (Å²) in [5.74, 6) is 0.656. The van der Waals surface area contributed by atoms with E-state index in [1.807, 2.05) is 12.1 Å². The van der Waals surface area contributed by atoms with E-state index in [9.17, 15) is 5.11 Å². The normalized spacial score (nSPS) is 13.4. The van der Waals surface area contributed by atoms with Crippen LogP contribution in [0, 0.1) is 12.8 Å². The molecule has 0 aliphatic rings. The van der Waals surface area contributed by atoms with E-state index < -0.39 is 0 Å². The number of likely N-dealkylation sites (N-methyl/N-ethyl adjacent to an activating group) is 1. The second-order valence-electron chi connectivity index (χ2n) is 6.71. The summed E-state index contributed by atoms with van der Waals surface area (Å²) >= 11 is 0. The van der Waals surface area contributed by atoms with Crippen molar-refractivity contribution in [2.45, 2.75) is 33.3 Å². The van der Waals surface area contributed by atoms with Crippen LogP contribution >= 0.6 is 0 Å². The van der Waals surface area contributed by atoms with Gasteiger partial charge in [-0.1, -0.05) is 43.7 Å². The number of nitrogens with zero attached hydrogens (tertiary/aromatic N) is 2. The quantitative estimate of drug-likeness (QED) is 0.758. The van der Waals surface area contributed by atoms with Crippen LogP contribution in [0.25, 0.3) is 0 Å². The molecule has 1 aromatic carbocycles. The fourth-order valence-corrected chi connectivity index (χ4v) is 2.41. The van der Waals surface area contributed by atoms with E-state index >= 15 is 0 Å². The van der Waals surface area contributed by atoms with Crippen LogP contribution in [0.3, 0.4) is 0 Å². The molecule has 1 N–H and O–H groups in total. The number of aliphatic hydroxyl groups excluding tert-OH is 1. The fraction of sp³-hybridized carbons (Fsp3) is 0.667. The lowest BCUT2D eigenvalue weighted by Gasteiger charge is -2.26. The van der Waals surface area contributed by atoms with Crippen molar-refractivity contribution in [3.8, 4) is 0 Å². The first kappa shape index (κ1) is 18.1. The lowest BCUT2D eigenvalue weighted by molar-refractivity contribution is 0.133. The molecule has 3 nitrogen and oxygen atoms in total. The number of rotatable bonds is 9. The molecule has 0 spiro atoms. The Morgan fingerprint density at radius 2 is 1.62 bits per heavy atom. The highest BCUT2D eigenvalue weighted by atomic mass is 16.3. The van der Waals surface area contributed by atoms with Crippen LogP contribution in [-0.2, 0) is 0 Å². The molecule has 0 radical (unpaired) electrons. The number of hydrogen-bond donors (Lipinski definition) is 1. The molecule has 0 heterocycles. The first-order valence-electron chi connectivity index (χ1n) is 8.00. The van der Waals surface area contributed by atoms with E-state index in [2.05, 4.69) is 56.8 Å². The molecule has 0 aromatic heterocycles. The molecule has 1 rings (SSSR count). The highest BCUT2D eigenvalue weighted by Gasteiger charge is 2.12. The minimum Gasteiger partial charge on any atom is -0.388 e. The Labute approximate surface area is 130 Å². The number of hydrogen-bond acceptors (Lipinski definition) is 3. The Morgan fingerprint density at radius 1 is 1.00 bits per heavy atom. The van der Waals surface area contributed by atoms with Gasteiger partial charge in [0.05, 0.1) is 6.10 Å². The zero-order valence-electron chi connectivity index (χ0n) is 14.3. The van der Waals surface area contributed by atoms with Crippen molar-refractivity contribution in [2.75, 3.05) is 40.3 Å². The number of aliphatic hydroxyl groups is 1. The summed E-state index contributed by atoms with van der Waals surface area (Å²) < 4.78 is 0. The molecule has 0 fully saturated rings. The van der Waals surface area contributed by atoms with Crippen LogP contribution in [0.15, 0.2) is 24.3 Å². The van der Waals surface area contributed by atoms with Crippen molar-refractivity contribution in [2.24, 2.45) is 5.92 Å². The van der Waals surface area contributed by atoms with Gasteiger partial charge in [0.1, 0.15) is 0 Å². The maximum absolute atomic E-state index is 10.3. The third-order valence-corrected chi connectivity index (χ3v) is 3.67. The van der Waals surface area contributed by atoms with Crippen molar-refractivity contribution < 1.29 is 5.11 Å². The van der Waals surface area contributed by atoms with Crippen LogP contribution in [-0.4, -0.2) is 55.2 Å². The summed E-state index contributed by atoms with van der Waals surface area (Å²) in [4.78, 5) is 4.67. The minimum absolute atomic E-state index is 0.361. The van der Waals surface area contributed by atoms with E-state index in [4.69, 9.17) is 0 Å². The van der Waals surface area contributed by atoms with Crippen LogP contribution in [0.1, 0.15) is 37.5 Å². The Kier molecular flexibility index (Phi) is 7.94. The Hall–Kier alpha value is -0.900. The monoisotopic (exact) mass is 292 g/mol. The second-order valence-corrected chi connectivity index (χ2v) is 6.71. The molecule has 0 saturated carbocycles. The minimum atomic E-state index is -0.361. The predicted molar refractivity (Wildman–Crippen MR) is 90.6 cm³/mol. The highest BCUT2D eigenvalue weighted by molar-refractivity contribution is 5.22. The summed E-state index contributed by atoms with van der Waals surface area (Å²) in [6.07, 6.45) is 0.433. The number of aryl methyl sites for hydroxylation is 1. The molecular formula is C18H32N2O. The zero-order chi connectivity index (χ0) is 15.8. The molecule has 3 heteroatoms. The molecule has 0 saturated heterocycles. The van der Waals surface area contributed by atoms with Gasteiger partial charge in [-0.25, -0.2) is 0 Å². The SMILES string of the molecule is Cc1ccc(C(O)CCN(CCN(C)C)CC(C)C)cc1. The standard InChI is InChI=1S/C18H32N2O/c1-15(2)14-20(13-12-19(4)5)11-10-18(21)17-8-6-16(3)7-9-17/h6-9,15,18,21H,10-14H2,1-5H3. The van der Waals surface area contributed by atoms with Gasteiger partial charge in [0.2, 0.25) is 0 Å². The topological polar surface area (TPSA) is 26.7 Å². The van der Waals surface area contributed by atoms with Gasteiger partial charge in [0.25, 0.3) is 0 Å². The lowest BCUT2D eigenvalue weighted by atomic mass is 10.0. The zero-order valence-corrected chi connectivity index (χ0v) is 14.3. The Bertz CT molecular complexity index is 387. The van der Waals surface area contributed by atoms with Crippen LogP contribution < -0.4 is 0 Å². The van der Waals surface area contributed by atoms with Crippen molar-refractivity contribution in [3.63, 3.8) is 0 Å². The molecule has 0 amide bonds. The molecule has 1 aromatic rings. The van der Waals surface area contributed by atoms with Gasteiger partial charge in [-0.3, -0.25) is 0 Å². The third kappa shape index (κ3) is 7.60. The average molecular weight is 292 g/mol. The van der Waals surface area contributed by atoms with Crippen LogP contribution in [0.5, 0.6) is 0 Å². The van der Waals surface area contributed by atoms with E-state index in [0.717, 1.165) is 38.2 Å².